The zero-order valence-electron chi connectivity index (χ0n) is 20.2. The molecule has 0 saturated heterocycles. The van der Waals surface area contributed by atoms with Crippen LogP contribution in [0.2, 0.25) is 0 Å². The Morgan fingerprint density at radius 3 is 2.31 bits per heavy atom. The van der Waals surface area contributed by atoms with Crippen molar-refractivity contribution in [2.24, 2.45) is 5.92 Å². The molecule has 0 radical (unpaired) electrons. The summed E-state index contributed by atoms with van der Waals surface area (Å²) in [7, 11) is 0. The molecule has 3 rings (SSSR count). The number of hydrogen-bond acceptors (Lipinski definition) is 5. The van der Waals surface area contributed by atoms with Crippen LogP contribution in [0.3, 0.4) is 0 Å². The van der Waals surface area contributed by atoms with Crippen molar-refractivity contribution < 1.29 is 18.9 Å². The average Bonchev–Trinajstić information content (AvgIpc) is 3.36. The molecule has 0 bridgehead atoms. The summed E-state index contributed by atoms with van der Waals surface area (Å²) < 4.78 is 13.4. The van der Waals surface area contributed by atoms with Crippen molar-refractivity contribution in [2.45, 2.75) is 26.9 Å². The van der Waals surface area contributed by atoms with Gasteiger partial charge in [-0.2, -0.15) is 0 Å². The second-order valence-electron chi connectivity index (χ2n) is 8.75. The lowest BCUT2D eigenvalue weighted by molar-refractivity contribution is -0.384. The number of amides is 2. The summed E-state index contributed by atoms with van der Waals surface area (Å²) >= 11 is 1.54. The summed E-state index contributed by atoms with van der Waals surface area (Å²) in [4.78, 5) is 40.9. The van der Waals surface area contributed by atoms with Crippen molar-refractivity contribution in [1.29, 1.82) is 0 Å². The lowest BCUT2D eigenvalue weighted by Gasteiger charge is -2.28. The fraction of sp³-hybridized carbons (Fsp3) is 0.259. The maximum absolute atomic E-state index is 13.4. The standard InChI is InChI=1S/C27H28FN3O4S/c1-20(2)16-29(26(32)14-9-21-7-12-24(13-8-21)31(34)35)19-27(33)30(18-25-4-3-15-36-25)17-22-5-10-23(28)11-6-22/h3-15,20H,16-19H2,1-2H3. The van der Waals surface area contributed by atoms with Crippen LogP contribution in [-0.4, -0.2) is 39.6 Å². The first-order chi connectivity index (χ1) is 17.2. The van der Waals surface area contributed by atoms with Gasteiger partial charge in [-0.25, -0.2) is 4.39 Å². The Kier molecular flexibility index (Phi) is 9.46. The van der Waals surface area contributed by atoms with E-state index >= 15 is 0 Å². The van der Waals surface area contributed by atoms with Crippen molar-refractivity contribution in [2.75, 3.05) is 13.1 Å². The van der Waals surface area contributed by atoms with Gasteiger partial charge in [0.1, 0.15) is 12.4 Å². The van der Waals surface area contributed by atoms with Gasteiger partial charge in [-0.05, 0) is 58.8 Å². The second kappa shape index (κ2) is 12.7. The van der Waals surface area contributed by atoms with E-state index in [-0.39, 0.29) is 35.8 Å². The van der Waals surface area contributed by atoms with E-state index in [1.54, 1.807) is 35.2 Å². The molecule has 1 aromatic heterocycles. The Morgan fingerprint density at radius 2 is 1.72 bits per heavy atom. The molecule has 0 atom stereocenters. The highest BCUT2D eigenvalue weighted by atomic mass is 32.1. The molecule has 7 nitrogen and oxygen atoms in total. The first-order valence-corrected chi connectivity index (χ1v) is 12.3. The van der Waals surface area contributed by atoms with Gasteiger partial charge in [0, 0.05) is 36.2 Å². The molecule has 0 N–H and O–H groups in total. The summed E-state index contributed by atoms with van der Waals surface area (Å²) in [5, 5.41) is 12.8. The van der Waals surface area contributed by atoms with Gasteiger partial charge in [-0.3, -0.25) is 19.7 Å². The van der Waals surface area contributed by atoms with Crippen LogP contribution in [-0.2, 0) is 22.7 Å². The van der Waals surface area contributed by atoms with Gasteiger partial charge in [0.05, 0.1) is 11.5 Å². The van der Waals surface area contributed by atoms with Crippen LogP contribution in [0.5, 0.6) is 0 Å². The van der Waals surface area contributed by atoms with Gasteiger partial charge >= 0.3 is 0 Å². The minimum Gasteiger partial charge on any atom is -0.332 e. The van der Waals surface area contributed by atoms with Crippen LogP contribution in [0.1, 0.15) is 29.9 Å². The number of nitro groups is 1. The van der Waals surface area contributed by atoms with Gasteiger partial charge in [-0.15, -0.1) is 11.3 Å². The van der Waals surface area contributed by atoms with E-state index < -0.39 is 4.92 Å². The zero-order valence-corrected chi connectivity index (χ0v) is 21.0. The highest BCUT2D eigenvalue weighted by Crippen LogP contribution is 2.17. The molecule has 1 heterocycles. The number of thiophene rings is 1. The van der Waals surface area contributed by atoms with Gasteiger partial charge in [0.15, 0.2) is 0 Å². The number of rotatable bonds is 11. The molecule has 9 heteroatoms. The van der Waals surface area contributed by atoms with E-state index in [0.29, 0.717) is 25.2 Å². The number of carbonyl (C=O) groups is 2. The number of carbonyl (C=O) groups excluding carboxylic acids is 2. The van der Waals surface area contributed by atoms with E-state index in [1.165, 1.54) is 46.6 Å². The van der Waals surface area contributed by atoms with E-state index in [9.17, 15) is 24.1 Å². The van der Waals surface area contributed by atoms with E-state index in [4.69, 9.17) is 0 Å². The van der Waals surface area contributed by atoms with Gasteiger partial charge in [0.2, 0.25) is 11.8 Å². The monoisotopic (exact) mass is 509 g/mol. The molecule has 2 amide bonds. The third-order valence-corrected chi connectivity index (χ3v) is 6.17. The Balaban J connectivity index is 1.75. The molecular formula is C27H28FN3O4S. The van der Waals surface area contributed by atoms with Crippen molar-refractivity contribution in [3.8, 4) is 0 Å². The average molecular weight is 510 g/mol. The maximum atomic E-state index is 13.4. The summed E-state index contributed by atoms with van der Waals surface area (Å²) in [5.74, 6) is -0.750. The third-order valence-electron chi connectivity index (χ3n) is 5.31. The summed E-state index contributed by atoms with van der Waals surface area (Å²) in [5.41, 5.74) is 1.40. The first-order valence-electron chi connectivity index (χ1n) is 11.5. The smallest absolute Gasteiger partial charge is 0.269 e. The van der Waals surface area contributed by atoms with Crippen LogP contribution in [0, 0.1) is 21.8 Å². The van der Waals surface area contributed by atoms with Gasteiger partial charge in [-0.1, -0.05) is 32.0 Å². The van der Waals surface area contributed by atoms with Crippen LogP contribution < -0.4 is 0 Å². The first kappa shape index (κ1) is 26.7. The minimum atomic E-state index is -0.484. The molecular weight excluding hydrogens is 481 g/mol. The second-order valence-corrected chi connectivity index (χ2v) is 9.78. The molecule has 0 spiro atoms. The molecule has 36 heavy (non-hydrogen) atoms. The molecule has 0 aliphatic heterocycles. The van der Waals surface area contributed by atoms with Crippen molar-refractivity contribution in [3.63, 3.8) is 0 Å². The largest absolute Gasteiger partial charge is 0.332 e. The van der Waals surface area contributed by atoms with E-state index in [1.807, 2.05) is 31.4 Å². The highest BCUT2D eigenvalue weighted by molar-refractivity contribution is 7.09. The van der Waals surface area contributed by atoms with Crippen molar-refractivity contribution in [1.82, 2.24) is 9.80 Å². The number of hydrogen-bond donors (Lipinski definition) is 0. The van der Waals surface area contributed by atoms with Crippen LogP contribution in [0.25, 0.3) is 6.08 Å². The molecule has 0 fully saturated rings. The Labute approximate surface area is 213 Å². The molecule has 0 saturated carbocycles. The number of nitrogens with zero attached hydrogens (tertiary/aromatic N) is 3. The Bertz CT molecular complexity index is 1190. The van der Waals surface area contributed by atoms with E-state index in [0.717, 1.165) is 10.4 Å². The lowest BCUT2D eigenvalue weighted by atomic mass is 10.1. The maximum Gasteiger partial charge on any atom is 0.269 e. The predicted molar refractivity (Wildman–Crippen MR) is 139 cm³/mol. The number of non-ortho nitro benzene ring substituents is 1. The third kappa shape index (κ3) is 8.13. The van der Waals surface area contributed by atoms with Crippen LogP contribution in [0.15, 0.2) is 72.1 Å². The van der Waals surface area contributed by atoms with E-state index in [2.05, 4.69) is 0 Å². The summed E-state index contributed by atoms with van der Waals surface area (Å²) in [6.07, 6.45) is 2.95. The Hall–Kier alpha value is -3.85. The summed E-state index contributed by atoms with van der Waals surface area (Å²) in [6, 6.07) is 15.7. The SMILES string of the molecule is CC(C)CN(CC(=O)N(Cc1ccc(F)cc1)Cc1cccs1)C(=O)C=Cc1ccc([N+](=O)[O-])cc1. The topological polar surface area (TPSA) is 83.8 Å². The predicted octanol–water partition coefficient (Wildman–Crippen LogP) is 5.52. The summed E-state index contributed by atoms with van der Waals surface area (Å²) in [6.45, 7) is 4.89. The van der Waals surface area contributed by atoms with Crippen molar-refractivity contribution >= 4 is 34.9 Å². The molecule has 188 valence electrons. The van der Waals surface area contributed by atoms with Gasteiger partial charge < -0.3 is 9.80 Å². The lowest BCUT2D eigenvalue weighted by Crippen LogP contribution is -2.43. The minimum absolute atomic E-state index is 0.0301. The number of nitro benzene ring substituents is 1. The molecule has 3 aromatic rings. The van der Waals surface area contributed by atoms with Crippen LogP contribution >= 0.6 is 11.3 Å². The Morgan fingerprint density at radius 1 is 1.03 bits per heavy atom. The zero-order chi connectivity index (χ0) is 26.1. The molecule has 2 aromatic carbocycles. The quantitative estimate of drug-likeness (QED) is 0.194. The number of halogens is 1. The number of benzene rings is 2. The highest BCUT2D eigenvalue weighted by Gasteiger charge is 2.22. The fourth-order valence-corrected chi connectivity index (χ4v) is 4.27. The molecule has 0 aliphatic carbocycles. The fourth-order valence-electron chi connectivity index (χ4n) is 3.55. The van der Waals surface area contributed by atoms with Crippen molar-refractivity contribution in [3.05, 3.63) is 104 Å². The van der Waals surface area contributed by atoms with Crippen LogP contribution in [0.4, 0.5) is 10.1 Å². The normalized spacial score (nSPS) is 11.1. The van der Waals surface area contributed by atoms with Gasteiger partial charge in [0.25, 0.3) is 5.69 Å². The molecule has 0 aliphatic rings. The molecule has 0 unspecified atom stereocenters.